The first-order valence-electron chi connectivity index (χ1n) is 9.44. The molecule has 3 aromatic rings. The molecule has 0 radical (unpaired) electrons. The summed E-state index contributed by atoms with van der Waals surface area (Å²) in [6.45, 7) is 3.76. The largest absolute Gasteiger partial charge is 0.378 e. The number of nitrogens with one attached hydrogen (secondary N) is 1. The van der Waals surface area contributed by atoms with Gasteiger partial charge in [0.1, 0.15) is 0 Å². The number of fused-ring (bicyclic) bond motifs is 1. The molecule has 4 rings (SSSR count). The summed E-state index contributed by atoms with van der Waals surface area (Å²) >= 11 is 0. The van der Waals surface area contributed by atoms with E-state index in [4.69, 9.17) is 0 Å². The van der Waals surface area contributed by atoms with Gasteiger partial charge in [0.25, 0.3) is 0 Å². The smallest absolute Gasteiger partial charge is 0.224 e. The topological polar surface area (TPSA) is 32.3 Å². The number of rotatable bonds is 3. The Labute approximate surface area is 160 Å². The summed E-state index contributed by atoms with van der Waals surface area (Å²) in [6.07, 6.45) is 0.886. The zero-order valence-corrected chi connectivity index (χ0v) is 15.7. The van der Waals surface area contributed by atoms with Gasteiger partial charge < -0.3 is 10.2 Å². The van der Waals surface area contributed by atoms with Crippen molar-refractivity contribution in [3.05, 3.63) is 84.4 Å². The van der Waals surface area contributed by atoms with Crippen molar-refractivity contribution in [2.24, 2.45) is 0 Å². The molecule has 3 aromatic carbocycles. The van der Waals surface area contributed by atoms with Gasteiger partial charge in [-0.25, -0.2) is 0 Å². The molecule has 0 saturated carbocycles. The second-order valence-electron chi connectivity index (χ2n) is 7.17. The zero-order valence-electron chi connectivity index (χ0n) is 15.7. The lowest BCUT2D eigenvalue weighted by Crippen LogP contribution is -2.43. The first-order chi connectivity index (χ1) is 13.1. The minimum absolute atomic E-state index is 0.0978. The normalized spacial score (nSPS) is 18.7. The van der Waals surface area contributed by atoms with E-state index in [9.17, 15) is 4.79 Å². The Morgan fingerprint density at radius 1 is 0.889 bits per heavy atom. The van der Waals surface area contributed by atoms with E-state index in [2.05, 4.69) is 66.8 Å². The highest BCUT2D eigenvalue weighted by Crippen LogP contribution is 2.39. The highest BCUT2D eigenvalue weighted by molar-refractivity contribution is 5.93. The fourth-order valence-corrected chi connectivity index (χ4v) is 4.02. The van der Waals surface area contributed by atoms with Gasteiger partial charge in [0.05, 0.1) is 6.04 Å². The van der Waals surface area contributed by atoms with Crippen LogP contribution in [0.4, 0.5) is 11.4 Å². The fourth-order valence-electron chi connectivity index (χ4n) is 4.02. The van der Waals surface area contributed by atoms with Gasteiger partial charge in [-0.05, 0) is 48.2 Å². The number of carbonyl (C=O) groups excluding carboxylic acids is 1. The molecule has 3 nitrogen and oxygen atoms in total. The van der Waals surface area contributed by atoms with Gasteiger partial charge in [-0.2, -0.15) is 0 Å². The van der Waals surface area contributed by atoms with Crippen LogP contribution in [-0.4, -0.2) is 11.9 Å². The lowest BCUT2D eigenvalue weighted by molar-refractivity contribution is -0.117. The zero-order chi connectivity index (χ0) is 18.8. The van der Waals surface area contributed by atoms with Gasteiger partial charge in [0.2, 0.25) is 5.91 Å². The van der Waals surface area contributed by atoms with Gasteiger partial charge in [-0.1, -0.05) is 60.7 Å². The van der Waals surface area contributed by atoms with Crippen LogP contribution in [0.15, 0.2) is 78.9 Å². The lowest BCUT2D eigenvalue weighted by Gasteiger charge is -2.39. The monoisotopic (exact) mass is 356 g/mol. The van der Waals surface area contributed by atoms with Crippen LogP contribution in [0, 0.1) is 0 Å². The average molecular weight is 356 g/mol. The Kier molecular flexibility index (Phi) is 4.68. The van der Waals surface area contributed by atoms with E-state index in [0.29, 0.717) is 0 Å². The van der Waals surface area contributed by atoms with Crippen molar-refractivity contribution >= 4 is 17.3 Å². The van der Waals surface area contributed by atoms with E-state index in [-0.39, 0.29) is 18.0 Å². The van der Waals surface area contributed by atoms with Gasteiger partial charge in [-0.15, -0.1) is 0 Å². The first kappa shape index (κ1) is 17.3. The van der Waals surface area contributed by atoms with Gasteiger partial charge in [-0.3, -0.25) is 4.79 Å². The third-order valence-corrected chi connectivity index (χ3v) is 5.26. The van der Waals surface area contributed by atoms with E-state index in [1.807, 2.05) is 29.2 Å². The van der Waals surface area contributed by atoms with Crippen molar-refractivity contribution < 1.29 is 4.79 Å². The van der Waals surface area contributed by atoms with E-state index in [1.54, 1.807) is 6.92 Å². The minimum atomic E-state index is 0.0978. The molecule has 0 bridgehead atoms. The maximum Gasteiger partial charge on any atom is 0.224 e. The van der Waals surface area contributed by atoms with E-state index < -0.39 is 0 Å². The van der Waals surface area contributed by atoms with Gasteiger partial charge in [0, 0.05) is 24.3 Å². The second kappa shape index (κ2) is 7.28. The van der Waals surface area contributed by atoms with E-state index in [1.165, 1.54) is 16.7 Å². The number of benzene rings is 3. The summed E-state index contributed by atoms with van der Waals surface area (Å²) in [5.74, 6) is 0.0978. The number of amides is 1. The summed E-state index contributed by atoms with van der Waals surface area (Å²) in [5.41, 5.74) is 5.72. The minimum Gasteiger partial charge on any atom is -0.378 e. The number of hydrogen-bond acceptors (Lipinski definition) is 2. The van der Waals surface area contributed by atoms with Crippen LogP contribution >= 0.6 is 0 Å². The maximum absolute atomic E-state index is 12.1. The number of nitrogens with zero attached hydrogens (tertiary/aromatic N) is 1. The predicted octanol–water partition coefficient (Wildman–Crippen LogP) is 5.65. The van der Waals surface area contributed by atoms with Crippen LogP contribution in [0.25, 0.3) is 11.1 Å². The Bertz CT molecular complexity index is 934. The Balaban J connectivity index is 1.59. The SMILES string of the molecule is CC(=O)N1c2ccccc2[C@@H](Nc2ccc(-c3ccccc3)cc2)C[C@H]1C. The molecule has 1 aliphatic rings. The number of anilines is 2. The number of para-hydroxylation sites is 1. The van der Waals surface area contributed by atoms with Crippen LogP contribution < -0.4 is 10.2 Å². The van der Waals surface area contributed by atoms with Crippen LogP contribution in [0.1, 0.15) is 31.9 Å². The molecule has 1 heterocycles. The maximum atomic E-state index is 12.1. The summed E-state index contributed by atoms with van der Waals surface area (Å²) < 4.78 is 0. The van der Waals surface area contributed by atoms with Crippen LogP contribution in [0.2, 0.25) is 0 Å². The lowest BCUT2D eigenvalue weighted by atomic mass is 9.91. The Hall–Kier alpha value is -3.07. The van der Waals surface area contributed by atoms with E-state index >= 15 is 0 Å². The van der Waals surface area contributed by atoms with Gasteiger partial charge in [0.15, 0.2) is 0 Å². The van der Waals surface area contributed by atoms with E-state index in [0.717, 1.165) is 17.8 Å². The van der Waals surface area contributed by atoms with Crippen LogP contribution in [0.5, 0.6) is 0 Å². The summed E-state index contributed by atoms with van der Waals surface area (Å²) in [6, 6.07) is 27.5. The highest BCUT2D eigenvalue weighted by Gasteiger charge is 2.31. The molecule has 136 valence electrons. The third kappa shape index (κ3) is 3.45. The van der Waals surface area contributed by atoms with Crippen molar-refractivity contribution in [2.45, 2.75) is 32.4 Å². The molecule has 1 N–H and O–H groups in total. The van der Waals surface area contributed by atoms with Crippen molar-refractivity contribution in [3.63, 3.8) is 0 Å². The van der Waals surface area contributed by atoms with Crippen LogP contribution in [-0.2, 0) is 4.79 Å². The molecule has 0 unspecified atom stereocenters. The Morgan fingerprint density at radius 2 is 1.52 bits per heavy atom. The molecular weight excluding hydrogens is 332 g/mol. The Morgan fingerprint density at radius 3 is 2.22 bits per heavy atom. The van der Waals surface area contributed by atoms with Crippen molar-refractivity contribution in [3.8, 4) is 11.1 Å². The molecule has 1 amide bonds. The number of carbonyl (C=O) groups is 1. The average Bonchev–Trinajstić information content (AvgIpc) is 2.69. The molecule has 0 aromatic heterocycles. The molecule has 0 fully saturated rings. The van der Waals surface area contributed by atoms with Crippen LogP contribution in [0.3, 0.4) is 0 Å². The summed E-state index contributed by atoms with van der Waals surface area (Å²) in [4.78, 5) is 14.0. The molecule has 0 aliphatic carbocycles. The quantitative estimate of drug-likeness (QED) is 0.657. The molecule has 2 atom stereocenters. The standard InChI is InChI=1S/C24H24N2O/c1-17-16-23(22-10-6-7-11-24(22)26(17)18(2)27)25-21-14-12-20(13-15-21)19-8-4-3-5-9-19/h3-15,17,23,25H,16H2,1-2H3/t17-,23+/m1/s1. The molecular formula is C24H24N2O. The van der Waals surface area contributed by atoms with Crippen molar-refractivity contribution in [1.82, 2.24) is 0 Å². The molecule has 27 heavy (non-hydrogen) atoms. The van der Waals surface area contributed by atoms with Crippen molar-refractivity contribution in [1.29, 1.82) is 0 Å². The summed E-state index contributed by atoms with van der Waals surface area (Å²) in [7, 11) is 0. The highest BCUT2D eigenvalue weighted by atomic mass is 16.2. The molecule has 3 heteroatoms. The van der Waals surface area contributed by atoms with Gasteiger partial charge >= 0.3 is 0 Å². The third-order valence-electron chi connectivity index (χ3n) is 5.26. The van der Waals surface area contributed by atoms with Crippen molar-refractivity contribution in [2.75, 3.05) is 10.2 Å². The first-order valence-corrected chi connectivity index (χ1v) is 9.44. The molecule has 0 spiro atoms. The summed E-state index contributed by atoms with van der Waals surface area (Å²) in [5, 5.41) is 3.67. The fraction of sp³-hybridized carbons (Fsp3) is 0.208. The number of hydrogen-bond donors (Lipinski definition) is 1. The second-order valence-corrected chi connectivity index (χ2v) is 7.17. The molecule has 0 saturated heterocycles. The molecule has 1 aliphatic heterocycles. The predicted molar refractivity (Wildman–Crippen MR) is 112 cm³/mol.